The molecule has 0 spiro atoms. The quantitative estimate of drug-likeness (QED) is 0.142. The monoisotopic (exact) mass is 925 g/mol. The summed E-state index contributed by atoms with van der Waals surface area (Å²) in [5.74, 6) is 0. The molecule has 9 aromatic carbocycles. The zero-order chi connectivity index (χ0) is 48.1. The number of rotatable bonds is 8. The summed E-state index contributed by atoms with van der Waals surface area (Å²) in [4.78, 5) is 7.47. The number of benzene rings is 9. The van der Waals surface area contributed by atoms with Gasteiger partial charge in [0.15, 0.2) is 0 Å². The molecule has 0 saturated heterocycles. The maximum absolute atomic E-state index is 2.64. The molecule has 0 radical (unpaired) electrons. The van der Waals surface area contributed by atoms with E-state index in [-0.39, 0.29) is 12.1 Å². The topological polar surface area (TPSA) is 19.6 Å². The van der Waals surface area contributed by atoms with E-state index in [2.05, 4.69) is 281 Å². The zero-order valence-corrected chi connectivity index (χ0v) is 40.7. The minimum absolute atomic E-state index is 0.0670. The van der Waals surface area contributed by atoms with Gasteiger partial charge in [0.05, 0.1) is 27.8 Å². The molecule has 0 N–H and O–H groups in total. The van der Waals surface area contributed by atoms with Crippen LogP contribution in [0.1, 0.15) is 39.2 Å². The molecule has 6 heteroatoms. The Morgan fingerprint density at radius 2 is 1.03 bits per heavy atom. The molecule has 0 atom stereocenters. The summed E-state index contributed by atoms with van der Waals surface area (Å²) < 4.78 is 5.13. The van der Waals surface area contributed by atoms with Gasteiger partial charge in [-0.3, -0.25) is 0 Å². The van der Waals surface area contributed by atoms with Crippen molar-refractivity contribution >= 4 is 101 Å². The van der Waals surface area contributed by atoms with E-state index in [1.54, 1.807) is 0 Å². The second-order valence-electron chi connectivity index (χ2n) is 20.5. The highest BCUT2D eigenvalue weighted by Gasteiger charge is 2.44. The summed E-state index contributed by atoms with van der Waals surface area (Å²) in [5.41, 5.74) is 22.5. The van der Waals surface area contributed by atoms with Gasteiger partial charge in [0, 0.05) is 67.7 Å². The number of aromatic nitrogens is 2. The lowest BCUT2D eigenvalue weighted by Crippen LogP contribution is -2.60. The van der Waals surface area contributed by atoms with Crippen molar-refractivity contribution in [3.05, 3.63) is 248 Å². The lowest BCUT2D eigenvalue weighted by Gasteiger charge is -2.42. The first-order valence-corrected chi connectivity index (χ1v) is 25.4. The van der Waals surface area contributed by atoms with E-state index in [1.165, 1.54) is 77.6 Å². The van der Waals surface area contributed by atoms with Crippen molar-refractivity contribution in [2.24, 2.45) is 0 Å². The Labute approximate surface area is 421 Å². The van der Waals surface area contributed by atoms with Crippen LogP contribution in [0.4, 0.5) is 45.5 Å². The molecule has 5 nitrogen and oxygen atoms in total. The third-order valence-electron chi connectivity index (χ3n) is 15.2. The molecule has 14 rings (SSSR count). The number of nitrogens with zero attached hydrogens (tertiary/aromatic N) is 5. The van der Waals surface area contributed by atoms with Crippen LogP contribution in [0.5, 0.6) is 0 Å². The van der Waals surface area contributed by atoms with Crippen molar-refractivity contribution < 1.29 is 0 Å². The molecular formula is C66H52BN5. The lowest BCUT2D eigenvalue weighted by atomic mass is 9.33. The number of allylic oxidation sites excluding steroid dienone is 3. The number of hydrogen-bond acceptors (Lipinski definition) is 3. The van der Waals surface area contributed by atoms with Crippen molar-refractivity contribution in [3.63, 3.8) is 0 Å². The van der Waals surface area contributed by atoms with Crippen molar-refractivity contribution in [1.29, 1.82) is 0 Å². The smallest absolute Gasteiger partial charge is 0.252 e. The molecule has 4 heterocycles. The molecule has 0 bridgehead atoms. The number of hydrogen-bond donors (Lipinski definition) is 0. The molecule has 0 amide bonds. The van der Waals surface area contributed by atoms with E-state index in [4.69, 9.17) is 0 Å². The Hall–Kier alpha value is -8.74. The molecular weight excluding hydrogens is 874 g/mol. The van der Waals surface area contributed by atoms with E-state index in [9.17, 15) is 0 Å². The Morgan fingerprint density at radius 3 is 1.72 bits per heavy atom. The molecule has 11 aromatic rings. The van der Waals surface area contributed by atoms with Crippen LogP contribution in [-0.2, 0) is 5.41 Å². The summed E-state index contributed by atoms with van der Waals surface area (Å²) in [5, 5.41) is 2.47. The maximum Gasteiger partial charge on any atom is 0.252 e. The van der Waals surface area contributed by atoms with Gasteiger partial charge in [-0.1, -0.05) is 160 Å². The maximum atomic E-state index is 2.64. The van der Waals surface area contributed by atoms with Crippen LogP contribution < -0.4 is 31.1 Å². The molecule has 2 aromatic heterocycles. The first kappa shape index (κ1) is 42.2. The molecule has 0 unspecified atom stereocenters. The van der Waals surface area contributed by atoms with E-state index in [1.807, 2.05) is 0 Å². The fraction of sp³-hybridized carbons (Fsp3) is 0.0909. The van der Waals surface area contributed by atoms with Gasteiger partial charge in [0.25, 0.3) is 6.71 Å². The molecule has 72 heavy (non-hydrogen) atoms. The summed E-state index contributed by atoms with van der Waals surface area (Å²) in [6.07, 6.45) is 9.05. The Kier molecular flexibility index (Phi) is 9.62. The highest BCUT2D eigenvalue weighted by Crippen LogP contribution is 2.49. The van der Waals surface area contributed by atoms with Gasteiger partial charge in [-0.2, -0.15) is 0 Å². The SMILES string of the molecule is CC(C)(C)c1cccc(N2c3cc(N(C4=CCCC=C4)c4ccccc4)ccc3B3c4c2cc(N(c2ccccc2)c2ccccc2)cc4-n2c4c3cccc4c3c2c2ccccc2n3-c2ccccc2)c1. The van der Waals surface area contributed by atoms with Gasteiger partial charge in [0.1, 0.15) is 0 Å². The van der Waals surface area contributed by atoms with E-state index in [0.29, 0.717) is 0 Å². The predicted molar refractivity (Wildman–Crippen MR) is 305 cm³/mol. The summed E-state index contributed by atoms with van der Waals surface area (Å²) in [6.45, 7) is 6.89. The van der Waals surface area contributed by atoms with Crippen molar-refractivity contribution in [2.75, 3.05) is 14.7 Å². The van der Waals surface area contributed by atoms with Gasteiger partial charge in [-0.05, 0) is 137 Å². The average Bonchev–Trinajstić information content (AvgIpc) is 3.95. The van der Waals surface area contributed by atoms with Gasteiger partial charge in [0.2, 0.25) is 0 Å². The van der Waals surface area contributed by atoms with E-state index >= 15 is 0 Å². The molecule has 3 aliphatic rings. The van der Waals surface area contributed by atoms with Crippen LogP contribution in [-0.4, -0.2) is 15.8 Å². The van der Waals surface area contributed by atoms with Gasteiger partial charge in [-0.15, -0.1) is 0 Å². The van der Waals surface area contributed by atoms with Gasteiger partial charge >= 0.3 is 0 Å². The van der Waals surface area contributed by atoms with E-state index in [0.717, 1.165) is 52.7 Å². The van der Waals surface area contributed by atoms with Crippen LogP contribution in [0.3, 0.4) is 0 Å². The minimum Gasteiger partial charge on any atom is -0.311 e. The van der Waals surface area contributed by atoms with Crippen LogP contribution in [0.2, 0.25) is 0 Å². The molecule has 2 aliphatic heterocycles. The first-order chi connectivity index (χ1) is 35.4. The second-order valence-corrected chi connectivity index (χ2v) is 20.5. The minimum atomic E-state index is -0.0735. The van der Waals surface area contributed by atoms with Crippen LogP contribution in [0.15, 0.2) is 242 Å². The highest BCUT2D eigenvalue weighted by atomic mass is 15.2. The zero-order valence-electron chi connectivity index (χ0n) is 40.7. The third kappa shape index (κ3) is 6.48. The van der Waals surface area contributed by atoms with Crippen molar-refractivity contribution in [1.82, 2.24) is 9.13 Å². The normalized spacial score (nSPS) is 13.6. The highest BCUT2D eigenvalue weighted by molar-refractivity contribution is 7.00. The fourth-order valence-electron chi connectivity index (χ4n) is 12.0. The van der Waals surface area contributed by atoms with E-state index < -0.39 is 0 Å². The number of anilines is 8. The largest absolute Gasteiger partial charge is 0.311 e. The standard InChI is InChI=1S/C66H52BN5/c1-66(2,3)45-23-21-34-51(41-45)70-59-42-52(68(46-24-9-4-10-25-46)47-26-11-5-12-27-47)39-40-56(59)67-57-37-22-36-55-63(57)72(64-54-35-19-20-38-58(54)71(65(55)64)50-32-17-8-18-33-50)61-44-53(43-60(70)62(61)67)69(48-28-13-6-14-29-48)49-30-15-7-16-31-49/h4,6-11,13-44H,5,12H2,1-3H3. The Balaban J connectivity index is 1.14. The van der Waals surface area contributed by atoms with Gasteiger partial charge < -0.3 is 23.8 Å². The second kappa shape index (κ2) is 16.4. The average molecular weight is 926 g/mol. The Bertz CT molecular complexity index is 3940. The summed E-state index contributed by atoms with van der Waals surface area (Å²) in [6, 6.07) is 81.1. The molecule has 344 valence electrons. The van der Waals surface area contributed by atoms with Crippen molar-refractivity contribution in [3.8, 4) is 11.4 Å². The number of fused-ring (bicyclic) bond motifs is 9. The molecule has 0 saturated carbocycles. The van der Waals surface area contributed by atoms with Crippen molar-refractivity contribution in [2.45, 2.75) is 39.0 Å². The fourth-order valence-corrected chi connectivity index (χ4v) is 12.0. The predicted octanol–water partition coefficient (Wildman–Crippen LogP) is 15.5. The van der Waals surface area contributed by atoms with Crippen LogP contribution in [0, 0.1) is 0 Å². The lowest BCUT2D eigenvalue weighted by molar-refractivity contribution is 0.590. The van der Waals surface area contributed by atoms with Crippen LogP contribution in [0.25, 0.3) is 44.2 Å². The van der Waals surface area contributed by atoms with Gasteiger partial charge in [-0.25, -0.2) is 0 Å². The summed E-state index contributed by atoms with van der Waals surface area (Å²) >= 11 is 0. The van der Waals surface area contributed by atoms with Crippen LogP contribution >= 0.6 is 0 Å². The number of para-hydroxylation sites is 6. The third-order valence-corrected chi connectivity index (χ3v) is 15.2. The Morgan fingerprint density at radius 1 is 0.431 bits per heavy atom. The molecule has 0 fully saturated rings. The molecule has 1 aliphatic carbocycles. The first-order valence-electron chi connectivity index (χ1n) is 25.4. The summed E-state index contributed by atoms with van der Waals surface area (Å²) in [7, 11) is 0.